The van der Waals surface area contributed by atoms with Crippen LogP contribution in [0.1, 0.15) is 0 Å². The third-order valence-corrected chi connectivity index (χ3v) is 4.61. The van der Waals surface area contributed by atoms with E-state index in [9.17, 15) is 25.2 Å². The van der Waals surface area contributed by atoms with E-state index in [2.05, 4.69) is 0 Å². The Bertz CT molecular complexity index is 906. The lowest BCUT2D eigenvalue weighted by atomic mass is 9.99. The fraction of sp³-hybridized carbons (Fsp3) is 0.526. The summed E-state index contributed by atoms with van der Waals surface area (Å²) in [7, 11) is 0. The summed E-state index contributed by atoms with van der Waals surface area (Å²) in [5.74, 6) is -0.477. The highest BCUT2D eigenvalue weighted by Crippen LogP contribution is 2.33. The Hall–Kier alpha value is -2.33. The van der Waals surface area contributed by atoms with Gasteiger partial charge in [0.25, 0.3) is 0 Å². The van der Waals surface area contributed by atoms with Gasteiger partial charge < -0.3 is 59.8 Å². The molecule has 1 aliphatic heterocycles. The van der Waals surface area contributed by atoms with Crippen molar-refractivity contribution in [1.29, 1.82) is 0 Å². The molecule has 1 fully saturated rings. The molecule has 13 nitrogen and oxygen atoms in total. The van der Waals surface area contributed by atoms with Crippen LogP contribution in [0.15, 0.2) is 33.5 Å². The van der Waals surface area contributed by atoms with Crippen molar-refractivity contribution in [2.45, 2.75) is 42.9 Å². The molecule has 0 amide bonds. The van der Waals surface area contributed by atoms with Gasteiger partial charge in [-0.2, -0.15) is 0 Å². The van der Waals surface area contributed by atoms with Gasteiger partial charge in [-0.25, -0.2) is 4.79 Å². The number of benzene rings is 1. The lowest BCUT2D eigenvalue weighted by Crippen LogP contribution is -2.60. The van der Waals surface area contributed by atoms with Gasteiger partial charge in [0, 0.05) is 17.5 Å². The molecule has 1 saturated heterocycles. The van der Waals surface area contributed by atoms with Gasteiger partial charge in [0.1, 0.15) is 42.2 Å². The van der Waals surface area contributed by atoms with Crippen LogP contribution in [0, 0.1) is 0 Å². The second kappa shape index (κ2) is 11.5. The van der Waals surface area contributed by atoms with E-state index in [1.165, 1.54) is 18.2 Å². The number of phenols is 1. The minimum atomic E-state index is -1.60. The maximum Gasteiger partial charge on any atom is 0.336 e. The lowest BCUT2D eigenvalue weighted by Gasteiger charge is -2.39. The summed E-state index contributed by atoms with van der Waals surface area (Å²) in [5, 5.41) is 82.1. The van der Waals surface area contributed by atoms with Crippen molar-refractivity contribution in [3.05, 3.63) is 34.7 Å². The normalized spacial score (nSPS) is 27.3. The van der Waals surface area contributed by atoms with E-state index in [1.807, 2.05) is 0 Å². The summed E-state index contributed by atoms with van der Waals surface area (Å²) >= 11 is 0. The standard InChI is InChI=1S/C15H16O9.C4H10O4/c16-5-10-12(19)13(20)14(21)15(24-10)23-9-3-6-1-2-11(18)22-8(6)4-7(9)17;5-1-3(7)4(8)2-6/h1-4,10,12-17,19-21H,5H2;3-8H,1-2H2/t10-,12-,13+,14-,15-;/m1./s1. The van der Waals surface area contributed by atoms with Crippen LogP contribution < -0.4 is 10.4 Å². The van der Waals surface area contributed by atoms with Crippen LogP contribution in [-0.2, 0) is 4.74 Å². The van der Waals surface area contributed by atoms with E-state index >= 15 is 0 Å². The maximum atomic E-state index is 11.2. The molecule has 180 valence electrons. The Morgan fingerprint density at radius 2 is 1.56 bits per heavy atom. The molecule has 2 aromatic rings. The molecule has 32 heavy (non-hydrogen) atoms. The highest BCUT2D eigenvalue weighted by Gasteiger charge is 2.44. The molecule has 13 heteroatoms. The lowest BCUT2D eigenvalue weighted by molar-refractivity contribution is -0.277. The van der Waals surface area contributed by atoms with Crippen molar-refractivity contribution >= 4 is 11.0 Å². The second-order valence-electron chi connectivity index (χ2n) is 6.93. The van der Waals surface area contributed by atoms with E-state index in [4.69, 9.17) is 39.4 Å². The predicted molar refractivity (Wildman–Crippen MR) is 105 cm³/mol. The summed E-state index contributed by atoms with van der Waals surface area (Å²) in [6.45, 7) is -1.65. The Morgan fingerprint density at radius 1 is 0.938 bits per heavy atom. The maximum absolute atomic E-state index is 11.2. The van der Waals surface area contributed by atoms with Gasteiger partial charge in [0.2, 0.25) is 6.29 Å². The highest BCUT2D eigenvalue weighted by molar-refractivity contribution is 5.80. The summed E-state index contributed by atoms with van der Waals surface area (Å²) in [4.78, 5) is 11.2. The Balaban J connectivity index is 0.000000390. The van der Waals surface area contributed by atoms with Crippen LogP contribution in [0.3, 0.4) is 0 Å². The summed E-state index contributed by atoms with van der Waals surface area (Å²) in [5.41, 5.74) is -0.439. The minimum Gasteiger partial charge on any atom is -0.504 e. The van der Waals surface area contributed by atoms with Crippen LogP contribution in [0.2, 0.25) is 0 Å². The van der Waals surface area contributed by atoms with Gasteiger partial charge in [-0.3, -0.25) is 0 Å². The van der Waals surface area contributed by atoms with Gasteiger partial charge in [-0.15, -0.1) is 0 Å². The van der Waals surface area contributed by atoms with Gasteiger partial charge in [0.15, 0.2) is 11.5 Å². The SMILES string of the molecule is O=c1ccc2cc(O[C@@H]3O[C@H](CO)[C@@H](O)[C@H](O)[C@H]3O)c(O)cc2o1.OCC(O)C(O)CO. The Morgan fingerprint density at radius 3 is 2.12 bits per heavy atom. The first kappa shape index (κ1) is 25.9. The molecule has 1 aliphatic rings. The number of phenolic OH excluding ortho intramolecular Hbond substituents is 1. The van der Waals surface area contributed by atoms with E-state index in [0.29, 0.717) is 5.39 Å². The largest absolute Gasteiger partial charge is 0.504 e. The number of hydrogen-bond acceptors (Lipinski definition) is 13. The molecule has 2 unspecified atom stereocenters. The smallest absolute Gasteiger partial charge is 0.336 e. The highest BCUT2D eigenvalue weighted by atomic mass is 16.7. The molecule has 3 rings (SSSR count). The summed E-state index contributed by atoms with van der Waals surface area (Å²) in [6.07, 6.45) is -9.72. The molecule has 0 radical (unpaired) electrons. The van der Waals surface area contributed by atoms with Crippen LogP contribution >= 0.6 is 0 Å². The van der Waals surface area contributed by atoms with Gasteiger partial charge in [0.05, 0.1) is 19.8 Å². The molecule has 1 aromatic heterocycles. The fourth-order valence-electron chi connectivity index (χ4n) is 2.71. The third-order valence-electron chi connectivity index (χ3n) is 4.61. The Kier molecular flexibility index (Phi) is 9.33. The van der Waals surface area contributed by atoms with E-state index in [-0.39, 0.29) is 17.1 Å². The quantitative estimate of drug-likeness (QED) is 0.189. The minimum absolute atomic E-state index is 0.0966. The third kappa shape index (κ3) is 6.13. The number of aliphatic hydroxyl groups is 8. The van der Waals surface area contributed by atoms with Crippen LogP contribution in [-0.4, -0.2) is 109 Å². The molecule has 9 N–H and O–H groups in total. The molecule has 0 bridgehead atoms. The van der Waals surface area contributed by atoms with Crippen LogP contribution in [0.4, 0.5) is 0 Å². The number of aromatic hydroxyl groups is 1. The zero-order valence-corrected chi connectivity index (χ0v) is 16.6. The van der Waals surface area contributed by atoms with Crippen LogP contribution in [0.5, 0.6) is 11.5 Å². The van der Waals surface area contributed by atoms with E-state index < -0.39 is 68.4 Å². The number of ether oxygens (including phenoxy) is 2. The number of rotatable bonds is 6. The predicted octanol–water partition coefficient (Wildman–Crippen LogP) is -3.63. The van der Waals surface area contributed by atoms with Crippen molar-refractivity contribution < 1.29 is 59.8 Å². The molecular weight excluding hydrogens is 436 g/mol. The van der Waals surface area contributed by atoms with Gasteiger partial charge >= 0.3 is 5.63 Å². The first-order valence-corrected chi connectivity index (χ1v) is 9.44. The monoisotopic (exact) mass is 462 g/mol. The van der Waals surface area contributed by atoms with Crippen molar-refractivity contribution in [3.8, 4) is 11.5 Å². The first-order valence-electron chi connectivity index (χ1n) is 9.44. The number of fused-ring (bicyclic) bond motifs is 1. The molecular formula is C19H26O13. The summed E-state index contributed by atoms with van der Waals surface area (Å²) in [6, 6.07) is 5.17. The first-order chi connectivity index (χ1) is 15.1. The molecule has 0 saturated carbocycles. The van der Waals surface area contributed by atoms with Crippen LogP contribution in [0.25, 0.3) is 11.0 Å². The molecule has 2 heterocycles. The molecule has 0 spiro atoms. The second-order valence-corrected chi connectivity index (χ2v) is 6.93. The Labute approximate surface area is 180 Å². The average molecular weight is 462 g/mol. The molecule has 0 aliphatic carbocycles. The van der Waals surface area contributed by atoms with Crippen molar-refractivity contribution in [2.75, 3.05) is 19.8 Å². The fourth-order valence-corrected chi connectivity index (χ4v) is 2.71. The number of aliphatic hydroxyl groups excluding tert-OH is 8. The molecule has 7 atom stereocenters. The average Bonchev–Trinajstić information content (AvgIpc) is 2.79. The zero-order chi connectivity index (χ0) is 24.0. The van der Waals surface area contributed by atoms with Crippen molar-refractivity contribution in [3.63, 3.8) is 0 Å². The summed E-state index contributed by atoms with van der Waals surface area (Å²) < 4.78 is 15.5. The topological polar surface area (TPSA) is 231 Å². The van der Waals surface area contributed by atoms with E-state index in [1.54, 1.807) is 0 Å². The van der Waals surface area contributed by atoms with E-state index in [0.717, 1.165) is 6.07 Å². The van der Waals surface area contributed by atoms with Gasteiger partial charge in [-0.1, -0.05) is 0 Å². The molecule has 1 aromatic carbocycles. The number of hydrogen-bond donors (Lipinski definition) is 9. The zero-order valence-electron chi connectivity index (χ0n) is 16.6. The van der Waals surface area contributed by atoms with Gasteiger partial charge in [-0.05, 0) is 12.1 Å². The van der Waals surface area contributed by atoms with Crippen molar-refractivity contribution in [2.24, 2.45) is 0 Å². The van der Waals surface area contributed by atoms with Crippen molar-refractivity contribution in [1.82, 2.24) is 0 Å².